The number of rotatable bonds is 9. The van der Waals surface area contributed by atoms with Crippen molar-refractivity contribution < 1.29 is 24.9 Å². The zero-order chi connectivity index (χ0) is 30.1. The molecule has 5 atom stereocenters. The molecule has 0 bridgehead atoms. The summed E-state index contributed by atoms with van der Waals surface area (Å²) in [5, 5.41) is 36.7. The van der Waals surface area contributed by atoms with Crippen molar-refractivity contribution >= 4 is 11.9 Å². The number of nitrogens with zero attached hydrogens (tertiary/aromatic N) is 1. The molecule has 3 aromatic rings. The maximum atomic E-state index is 14.5. The molecule has 3 aromatic carbocycles. The van der Waals surface area contributed by atoms with Crippen LogP contribution in [0.1, 0.15) is 55.4 Å². The SMILES string of the molecule is CC(C)(C)N(C(=O)O)[C@@H](Cc1ccccc1)[C@@H](O)C[C@]1(Cc2ccccc2)NC=C([C@H]2c3ccccc3C[C@H]2O)C1=O. The molecule has 0 unspecified atom stereocenters. The highest BCUT2D eigenvalue weighted by Gasteiger charge is 2.51. The zero-order valence-electron chi connectivity index (χ0n) is 24.4. The van der Waals surface area contributed by atoms with Crippen LogP contribution in [-0.2, 0) is 24.1 Å². The summed E-state index contributed by atoms with van der Waals surface area (Å²) in [7, 11) is 0. The van der Waals surface area contributed by atoms with Gasteiger partial charge in [-0.3, -0.25) is 9.69 Å². The van der Waals surface area contributed by atoms with Crippen LogP contribution in [0.4, 0.5) is 4.79 Å². The fourth-order valence-corrected chi connectivity index (χ4v) is 6.78. The van der Waals surface area contributed by atoms with Crippen LogP contribution in [0.5, 0.6) is 0 Å². The van der Waals surface area contributed by atoms with Gasteiger partial charge >= 0.3 is 6.09 Å². The topological polar surface area (TPSA) is 110 Å². The number of Topliss-reactive ketones (excluding diaryl/α,β-unsaturated/α-hetero) is 1. The van der Waals surface area contributed by atoms with E-state index in [1.807, 2.05) is 106 Å². The van der Waals surface area contributed by atoms with Crippen LogP contribution in [0.15, 0.2) is 96.7 Å². The van der Waals surface area contributed by atoms with Gasteiger partial charge in [-0.15, -0.1) is 0 Å². The number of hydrogen-bond donors (Lipinski definition) is 4. The second kappa shape index (κ2) is 11.7. The Balaban J connectivity index is 1.51. The Kier molecular flexibility index (Phi) is 8.26. The highest BCUT2D eigenvalue weighted by atomic mass is 16.4. The van der Waals surface area contributed by atoms with Crippen molar-refractivity contribution in [3.8, 4) is 0 Å². The van der Waals surface area contributed by atoms with E-state index in [0.717, 1.165) is 22.3 Å². The molecule has 4 N–H and O–H groups in total. The van der Waals surface area contributed by atoms with Crippen LogP contribution >= 0.6 is 0 Å². The smallest absolute Gasteiger partial charge is 0.408 e. The summed E-state index contributed by atoms with van der Waals surface area (Å²) in [5.74, 6) is -0.650. The highest BCUT2D eigenvalue weighted by Crippen LogP contribution is 2.43. The number of aliphatic hydroxyl groups excluding tert-OH is 2. The standard InChI is InChI=1S/C35H40N2O5/c1-34(2,3)37(33(41)42)28(18-23-12-6-4-7-13-23)30(39)21-35(20-24-14-8-5-9-15-24)32(40)27(22-36-35)31-26-17-11-10-16-25(26)19-29(31)38/h4-17,22,28-31,36,38-39H,18-21H2,1-3H3,(H,41,42)/t28-,29+,30-,31+,35-/m0/s1. The lowest BCUT2D eigenvalue weighted by atomic mass is 9.76. The van der Waals surface area contributed by atoms with Crippen molar-refractivity contribution in [1.29, 1.82) is 0 Å². The van der Waals surface area contributed by atoms with Gasteiger partial charge in [0.25, 0.3) is 0 Å². The number of nitrogens with one attached hydrogen (secondary N) is 1. The first-order chi connectivity index (χ1) is 20.0. The van der Waals surface area contributed by atoms with Gasteiger partial charge < -0.3 is 20.6 Å². The first kappa shape index (κ1) is 29.5. The molecule has 1 aliphatic carbocycles. The van der Waals surface area contributed by atoms with Crippen LogP contribution in [0.3, 0.4) is 0 Å². The van der Waals surface area contributed by atoms with E-state index >= 15 is 0 Å². The molecular weight excluding hydrogens is 528 g/mol. The Hall–Kier alpha value is -3.94. The molecule has 7 heteroatoms. The summed E-state index contributed by atoms with van der Waals surface area (Å²) in [4.78, 5) is 28.4. The van der Waals surface area contributed by atoms with E-state index in [1.165, 1.54) is 4.90 Å². The van der Waals surface area contributed by atoms with Crippen LogP contribution in [0.2, 0.25) is 0 Å². The van der Waals surface area contributed by atoms with Crippen molar-refractivity contribution in [3.63, 3.8) is 0 Å². The minimum absolute atomic E-state index is 0.0114. The van der Waals surface area contributed by atoms with Gasteiger partial charge in [-0.2, -0.15) is 0 Å². The lowest BCUT2D eigenvalue weighted by Crippen LogP contribution is -2.59. The number of amides is 1. The second-order valence-corrected chi connectivity index (χ2v) is 12.6. The number of benzene rings is 3. The summed E-state index contributed by atoms with van der Waals surface area (Å²) >= 11 is 0. The summed E-state index contributed by atoms with van der Waals surface area (Å²) < 4.78 is 0. The van der Waals surface area contributed by atoms with Crippen molar-refractivity contribution in [3.05, 3.63) is 119 Å². The van der Waals surface area contributed by atoms with Gasteiger partial charge in [0.05, 0.1) is 18.2 Å². The van der Waals surface area contributed by atoms with Crippen LogP contribution < -0.4 is 5.32 Å². The monoisotopic (exact) mass is 568 g/mol. The molecule has 7 nitrogen and oxygen atoms in total. The molecule has 0 fully saturated rings. The minimum Gasteiger partial charge on any atom is -0.465 e. The number of ketones is 1. The summed E-state index contributed by atoms with van der Waals surface area (Å²) in [6.07, 6.45) is -0.278. The third-order valence-electron chi connectivity index (χ3n) is 8.64. The van der Waals surface area contributed by atoms with Gasteiger partial charge in [0, 0.05) is 36.1 Å². The maximum absolute atomic E-state index is 14.5. The Labute approximate surface area is 247 Å². The molecule has 0 radical (unpaired) electrons. The van der Waals surface area contributed by atoms with E-state index < -0.39 is 41.3 Å². The molecule has 0 saturated carbocycles. The van der Waals surface area contributed by atoms with Crippen molar-refractivity contribution in [2.75, 3.05) is 0 Å². The molecule has 42 heavy (non-hydrogen) atoms. The molecule has 1 aliphatic heterocycles. The van der Waals surface area contributed by atoms with E-state index in [-0.39, 0.29) is 18.6 Å². The number of carbonyl (C=O) groups is 2. The molecule has 1 amide bonds. The van der Waals surface area contributed by atoms with Gasteiger partial charge in [-0.1, -0.05) is 84.9 Å². The molecule has 1 heterocycles. The van der Waals surface area contributed by atoms with E-state index in [0.29, 0.717) is 18.4 Å². The first-order valence-corrected chi connectivity index (χ1v) is 14.6. The van der Waals surface area contributed by atoms with Crippen molar-refractivity contribution in [2.24, 2.45) is 0 Å². The molecule has 0 saturated heterocycles. The Bertz CT molecular complexity index is 1450. The predicted molar refractivity (Wildman–Crippen MR) is 162 cm³/mol. The number of carboxylic acid groups (broad SMARTS) is 1. The number of carbonyl (C=O) groups excluding carboxylic acids is 1. The average molecular weight is 569 g/mol. The Morgan fingerprint density at radius 3 is 2.19 bits per heavy atom. The van der Waals surface area contributed by atoms with Gasteiger partial charge in [0.2, 0.25) is 0 Å². The van der Waals surface area contributed by atoms with E-state index in [1.54, 1.807) is 6.20 Å². The lowest BCUT2D eigenvalue weighted by Gasteiger charge is -2.43. The minimum atomic E-state index is -1.22. The molecule has 5 rings (SSSR count). The molecule has 220 valence electrons. The van der Waals surface area contributed by atoms with Crippen LogP contribution in [0.25, 0.3) is 0 Å². The van der Waals surface area contributed by atoms with Gasteiger partial charge in [0.1, 0.15) is 5.54 Å². The summed E-state index contributed by atoms with van der Waals surface area (Å²) in [6.45, 7) is 5.43. The molecule has 2 aliphatic rings. The third-order valence-corrected chi connectivity index (χ3v) is 8.64. The lowest BCUT2D eigenvalue weighted by molar-refractivity contribution is -0.122. The fraction of sp³-hybridized carbons (Fsp3) is 0.371. The second-order valence-electron chi connectivity index (χ2n) is 12.6. The van der Waals surface area contributed by atoms with Crippen molar-refractivity contribution in [2.45, 2.75) is 81.7 Å². The normalized spacial score (nSPS) is 23.1. The maximum Gasteiger partial charge on any atom is 0.408 e. The van der Waals surface area contributed by atoms with Crippen LogP contribution in [-0.4, -0.2) is 61.4 Å². The Morgan fingerprint density at radius 1 is 0.976 bits per heavy atom. The average Bonchev–Trinajstić information content (AvgIpc) is 3.43. The van der Waals surface area contributed by atoms with Gasteiger partial charge in [-0.25, -0.2) is 4.79 Å². The first-order valence-electron chi connectivity index (χ1n) is 14.6. The third kappa shape index (κ3) is 5.85. The van der Waals surface area contributed by atoms with E-state index in [2.05, 4.69) is 5.32 Å². The zero-order valence-corrected chi connectivity index (χ0v) is 24.4. The van der Waals surface area contributed by atoms with Crippen LogP contribution in [0, 0.1) is 0 Å². The Morgan fingerprint density at radius 2 is 1.57 bits per heavy atom. The fourth-order valence-electron chi connectivity index (χ4n) is 6.78. The quantitative estimate of drug-likeness (QED) is 0.293. The van der Waals surface area contributed by atoms with Crippen molar-refractivity contribution in [1.82, 2.24) is 10.2 Å². The summed E-state index contributed by atoms with van der Waals surface area (Å²) in [6, 6.07) is 26.1. The van der Waals surface area contributed by atoms with E-state index in [4.69, 9.17) is 0 Å². The van der Waals surface area contributed by atoms with Gasteiger partial charge in [-0.05, 0) is 55.9 Å². The number of hydrogen-bond acceptors (Lipinski definition) is 5. The highest BCUT2D eigenvalue weighted by molar-refractivity contribution is 6.06. The molecule has 0 aromatic heterocycles. The molecular formula is C35H40N2O5. The number of aliphatic hydroxyl groups is 2. The summed E-state index contributed by atoms with van der Waals surface area (Å²) in [5.41, 5.74) is 2.24. The predicted octanol–water partition coefficient (Wildman–Crippen LogP) is 4.87. The number of fused-ring (bicyclic) bond motifs is 1. The van der Waals surface area contributed by atoms with Gasteiger partial charge in [0.15, 0.2) is 5.78 Å². The van der Waals surface area contributed by atoms with E-state index in [9.17, 15) is 24.9 Å². The molecule has 0 spiro atoms. The largest absolute Gasteiger partial charge is 0.465 e.